The van der Waals surface area contributed by atoms with Crippen LogP contribution >= 0.6 is 0 Å². The molecule has 2 aromatic heterocycles. The highest BCUT2D eigenvalue weighted by molar-refractivity contribution is 6.06. The van der Waals surface area contributed by atoms with E-state index in [-0.39, 0.29) is 24.1 Å². The van der Waals surface area contributed by atoms with Gasteiger partial charge in [-0.25, -0.2) is 19.4 Å². The molecule has 2 amide bonds. The summed E-state index contributed by atoms with van der Waals surface area (Å²) >= 11 is 0. The number of carbonyl (C=O) groups is 2. The average Bonchev–Trinajstić information content (AvgIpc) is 3.66. The second kappa shape index (κ2) is 10.3. The van der Waals surface area contributed by atoms with Gasteiger partial charge >= 0.3 is 6.09 Å². The molecule has 1 saturated carbocycles. The van der Waals surface area contributed by atoms with Gasteiger partial charge in [0, 0.05) is 31.8 Å². The molecule has 1 aliphatic carbocycles. The Balaban J connectivity index is 1.30. The van der Waals surface area contributed by atoms with Crippen LogP contribution in [0.15, 0.2) is 54.9 Å². The fourth-order valence-electron chi connectivity index (χ4n) is 6.16. The third-order valence-electron chi connectivity index (χ3n) is 7.96. The minimum Gasteiger partial charge on any atom is -0.444 e. The predicted molar refractivity (Wildman–Crippen MR) is 162 cm³/mol. The number of carbonyl (C=O) groups excluding carboxylic acids is 2. The highest BCUT2D eigenvalue weighted by Crippen LogP contribution is 2.46. The number of para-hydroxylation sites is 2. The van der Waals surface area contributed by atoms with Gasteiger partial charge in [0.15, 0.2) is 5.65 Å². The summed E-state index contributed by atoms with van der Waals surface area (Å²) < 4.78 is 7.61. The van der Waals surface area contributed by atoms with Crippen molar-refractivity contribution in [2.45, 2.75) is 51.3 Å². The topological polar surface area (TPSA) is 132 Å². The molecule has 3 N–H and O–H groups in total. The van der Waals surface area contributed by atoms with Crippen molar-refractivity contribution in [2.24, 2.45) is 5.92 Å². The Morgan fingerprint density at radius 2 is 1.74 bits per heavy atom. The monoisotopic (exact) mass is 568 g/mol. The van der Waals surface area contributed by atoms with E-state index >= 15 is 0 Å². The Hall–Kier alpha value is -4.67. The van der Waals surface area contributed by atoms with Gasteiger partial charge in [-0.1, -0.05) is 24.3 Å². The zero-order valence-electron chi connectivity index (χ0n) is 24.5. The molecule has 1 aliphatic heterocycles. The number of likely N-dealkylation sites (tertiary alicyclic amines) is 1. The number of hydrogen-bond acceptors (Lipinski definition) is 8. The van der Waals surface area contributed by atoms with Crippen LogP contribution in [0, 0.1) is 5.92 Å². The fourth-order valence-corrected chi connectivity index (χ4v) is 6.16. The van der Waals surface area contributed by atoms with Crippen molar-refractivity contribution in [3.05, 3.63) is 60.4 Å². The lowest BCUT2D eigenvalue weighted by molar-refractivity contribution is 0.0135. The zero-order chi connectivity index (χ0) is 29.8. The SMILES string of the molecule is CN(C)c1ccccc1NC(=O)c1ccc(-c2nn(C3CC4CC3N(C(=O)OC(C)(C)C)C4)c3ncnc(N)c23)cc1. The molecule has 3 atom stereocenters. The molecule has 2 bridgehead atoms. The highest BCUT2D eigenvalue weighted by atomic mass is 16.6. The quantitative estimate of drug-likeness (QED) is 0.345. The Morgan fingerprint density at radius 3 is 2.43 bits per heavy atom. The summed E-state index contributed by atoms with van der Waals surface area (Å²) in [7, 11) is 3.87. The van der Waals surface area contributed by atoms with E-state index in [1.165, 1.54) is 6.33 Å². The summed E-state index contributed by atoms with van der Waals surface area (Å²) in [6.45, 7) is 6.31. The van der Waals surface area contributed by atoms with Gasteiger partial charge in [0.2, 0.25) is 0 Å². The maximum absolute atomic E-state index is 13.1. The van der Waals surface area contributed by atoms with Gasteiger partial charge in [-0.3, -0.25) is 4.79 Å². The van der Waals surface area contributed by atoms with Crippen LogP contribution in [-0.4, -0.2) is 68.9 Å². The van der Waals surface area contributed by atoms with Crippen LogP contribution < -0.4 is 16.0 Å². The van der Waals surface area contributed by atoms with E-state index < -0.39 is 5.60 Å². The molecule has 0 spiro atoms. The minimum absolute atomic E-state index is 0.0481. The van der Waals surface area contributed by atoms with Crippen LogP contribution in [0.3, 0.4) is 0 Å². The Bertz CT molecular complexity index is 1660. The predicted octanol–water partition coefficient (Wildman–Crippen LogP) is 4.96. The van der Waals surface area contributed by atoms with Crippen LogP contribution in [0.2, 0.25) is 0 Å². The second-order valence-corrected chi connectivity index (χ2v) is 12.3. The van der Waals surface area contributed by atoms with Gasteiger partial charge in [0.05, 0.1) is 28.8 Å². The number of rotatable bonds is 5. The molecule has 42 heavy (non-hydrogen) atoms. The number of piperidine rings is 1. The molecular formula is C31H36N8O3. The van der Waals surface area contributed by atoms with Crippen molar-refractivity contribution >= 4 is 40.2 Å². The van der Waals surface area contributed by atoms with Gasteiger partial charge in [-0.2, -0.15) is 5.10 Å². The lowest BCUT2D eigenvalue weighted by Crippen LogP contribution is -2.45. The first-order chi connectivity index (χ1) is 20.0. The highest BCUT2D eigenvalue weighted by Gasteiger charge is 2.50. The summed E-state index contributed by atoms with van der Waals surface area (Å²) in [5.41, 5.74) is 10.0. The molecule has 218 valence electrons. The van der Waals surface area contributed by atoms with Gasteiger partial charge in [0.25, 0.3) is 5.91 Å². The van der Waals surface area contributed by atoms with Crippen LogP contribution in [-0.2, 0) is 4.74 Å². The summed E-state index contributed by atoms with van der Waals surface area (Å²) in [5, 5.41) is 8.67. The zero-order valence-corrected chi connectivity index (χ0v) is 24.5. The van der Waals surface area contributed by atoms with Crippen LogP contribution in [0.4, 0.5) is 22.0 Å². The van der Waals surface area contributed by atoms with E-state index in [1.807, 2.05) is 85.7 Å². The largest absolute Gasteiger partial charge is 0.444 e. The second-order valence-electron chi connectivity index (χ2n) is 12.3. The van der Waals surface area contributed by atoms with Crippen LogP contribution in [0.25, 0.3) is 22.3 Å². The van der Waals surface area contributed by atoms with E-state index in [0.29, 0.717) is 40.6 Å². The van der Waals surface area contributed by atoms with E-state index in [0.717, 1.165) is 29.8 Å². The first-order valence-corrected chi connectivity index (χ1v) is 14.2. The van der Waals surface area contributed by atoms with Gasteiger partial charge < -0.3 is 25.6 Å². The fraction of sp³-hybridized carbons (Fsp3) is 0.387. The number of nitrogens with zero attached hydrogens (tertiary/aromatic N) is 6. The van der Waals surface area contributed by atoms with Crippen molar-refractivity contribution in [1.29, 1.82) is 0 Å². The molecule has 6 rings (SSSR count). The van der Waals surface area contributed by atoms with E-state index in [1.54, 1.807) is 12.1 Å². The first-order valence-electron chi connectivity index (χ1n) is 14.2. The van der Waals surface area contributed by atoms with E-state index in [4.69, 9.17) is 15.6 Å². The number of anilines is 3. The molecular weight excluding hydrogens is 532 g/mol. The molecule has 4 aromatic rings. The minimum atomic E-state index is -0.569. The summed E-state index contributed by atoms with van der Waals surface area (Å²) in [6, 6.07) is 14.8. The van der Waals surface area contributed by atoms with Gasteiger partial charge in [0.1, 0.15) is 23.4 Å². The number of aromatic nitrogens is 4. The number of nitrogen functional groups attached to an aromatic ring is 1. The summed E-state index contributed by atoms with van der Waals surface area (Å²) in [4.78, 5) is 38.7. The maximum Gasteiger partial charge on any atom is 0.410 e. The third kappa shape index (κ3) is 4.99. The number of hydrogen-bond donors (Lipinski definition) is 2. The Labute approximate surface area is 244 Å². The smallest absolute Gasteiger partial charge is 0.410 e. The van der Waals surface area contributed by atoms with E-state index in [2.05, 4.69) is 15.3 Å². The van der Waals surface area contributed by atoms with Crippen LogP contribution in [0.1, 0.15) is 50.0 Å². The molecule has 3 unspecified atom stereocenters. The Morgan fingerprint density at radius 1 is 1.02 bits per heavy atom. The normalized spacial score (nSPS) is 19.7. The molecule has 11 nitrogen and oxygen atoms in total. The molecule has 1 saturated heterocycles. The molecule has 2 aliphatic rings. The number of ether oxygens (including phenoxy) is 1. The number of benzene rings is 2. The molecule has 11 heteroatoms. The molecule has 2 fully saturated rings. The number of nitrogens with one attached hydrogen (secondary N) is 1. The van der Waals surface area contributed by atoms with Crippen molar-refractivity contribution in [3.8, 4) is 11.3 Å². The summed E-state index contributed by atoms with van der Waals surface area (Å²) in [5.74, 6) is 0.485. The Kier molecular flexibility index (Phi) is 6.75. The number of amides is 2. The standard InChI is InChI=1S/C31H36N8O3/c1-31(2,3)42-30(41)38-16-18-14-23(38)24(15-18)39-28-25(27(32)33-17-34-28)26(36-39)19-10-12-20(13-11-19)29(40)35-21-8-6-7-9-22(21)37(4)5/h6-13,17-18,23-24H,14-16H2,1-5H3,(H,35,40)(H2,32,33,34). The van der Waals surface area contributed by atoms with Crippen molar-refractivity contribution in [2.75, 3.05) is 36.6 Å². The van der Waals surface area contributed by atoms with Crippen molar-refractivity contribution < 1.29 is 14.3 Å². The lowest BCUT2D eigenvalue weighted by Gasteiger charge is -2.34. The van der Waals surface area contributed by atoms with Crippen molar-refractivity contribution in [3.63, 3.8) is 0 Å². The third-order valence-corrected chi connectivity index (χ3v) is 7.96. The molecule has 3 heterocycles. The summed E-state index contributed by atoms with van der Waals surface area (Å²) in [6.07, 6.45) is 2.92. The van der Waals surface area contributed by atoms with E-state index in [9.17, 15) is 9.59 Å². The number of fused-ring (bicyclic) bond motifs is 3. The van der Waals surface area contributed by atoms with Gasteiger partial charge in [-0.05, 0) is 63.8 Å². The van der Waals surface area contributed by atoms with Crippen molar-refractivity contribution in [1.82, 2.24) is 24.6 Å². The lowest BCUT2D eigenvalue weighted by atomic mass is 10.1. The molecule has 0 radical (unpaired) electrons. The van der Waals surface area contributed by atoms with Gasteiger partial charge in [-0.15, -0.1) is 0 Å². The average molecular weight is 569 g/mol. The molecule has 2 aromatic carbocycles. The van der Waals surface area contributed by atoms with Crippen LogP contribution in [0.5, 0.6) is 0 Å². The first kappa shape index (κ1) is 27.5. The maximum atomic E-state index is 13.1. The number of nitrogens with two attached hydrogens (primary N) is 1.